The Morgan fingerprint density at radius 2 is 1.93 bits per heavy atom. The summed E-state index contributed by atoms with van der Waals surface area (Å²) in [5.74, 6) is 0.369. The van der Waals surface area contributed by atoms with E-state index in [9.17, 15) is 9.18 Å². The molecule has 1 aliphatic rings. The Bertz CT molecular complexity index is 1280. The number of nitrogens with one attached hydrogen (secondary N) is 1. The van der Waals surface area contributed by atoms with Gasteiger partial charge in [-0.2, -0.15) is 0 Å². The summed E-state index contributed by atoms with van der Waals surface area (Å²) in [6.45, 7) is 3.94. The number of piperidine rings is 1. The Morgan fingerprint density at radius 3 is 2.72 bits per heavy atom. The van der Waals surface area contributed by atoms with E-state index in [1.807, 2.05) is 19.1 Å². The third kappa shape index (κ3) is 3.21. The van der Waals surface area contributed by atoms with Crippen LogP contribution in [0.25, 0.3) is 27.9 Å². The van der Waals surface area contributed by atoms with Crippen molar-refractivity contribution in [2.45, 2.75) is 25.7 Å². The number of halogens is 1. The number of fused-ring (bicyclic) bond motifs is 2. The summed E-state index contributed by atoms with van der Waals surface area (Å²) in [6, 6.07) is 7.29. The molecule has 1 aromatic carbocycles. The minimum Gasteiger partial charge on any atom is -0.306 e. The van der Waals surface area contributed by atoms with Crippen molar-refractivity contribution in [2.24, 2.45) is 0 Å². The quantitative estimate of drug-likeness (QED) is 0.568. The molecular weight excluding hydrogens is 369 g/mol. The third-order valence-electron chi connectivity index (χ3n) is 5.82. The maximum Gasteiger partial charge on any atom is 0.259 e. The number of aromatic nitrogens is 4. The zero-order valence-electron chi connectivity index (χ0n) is 16.4. The van der Waals surface area contributed by atoms with Gasteiger partial charge in [-0.1, -0.05) is 6.07 Å². The number of pyridine rings is 1. The van der Waals surface area contributed by atoms with Gasteiger partial charge in [0.1, 0.15) is 5.82 Å². The SMILES string of the molecule is Cc1cn2cc(-c3nc4ccc(C5CCN(C)CC5)cc4c(=O)[nH]3)cc(F)c2n1. The van der Waals surface area contributed by atoms with E-state index in [1.165, 1.54) is 11.6 Å². The van der Waals surface area contributed by atoms with E-state index >= 15 is 0 Å². The molecule has 1 fully saturated rings. The number of H-pyrrole nitrogens is 1. The Labute approximate surface area is 167 Å². The molecule has 3 aromatic heterocycles. The number of likely N-dealkylation sites (tertiary alicyclic amines) is 1. The van der Waals surface area contributed by atoms with E-state index < -0.39 is 5.82 Å². The molecule has 0 saturated carbocycles. The van der Waals surface area contributed by atoms with Crippen molar-refractivity contribution < 1.29 is 4.39 Å². The molecule has 0 aliphatic carbocycles. The van der Waals surface area contributed by atoms with Crippen molar-refractivity contribution >= 4 is 16.6 Å². The van der Waals surface area contributed by atoms with Crippen LogP contribution in [0, 0.1) is 12.7 Å². The number of hydrogen-bond acceptors (Lipinski definition) is 4. The van der Waals surface area contributed by atoms with Crippen molar-refractivity contribution in [2.75, 3.05) is 20.1 Å². The van der Waals surface area contributed by atoms with Gasteiger partial charge in [0, 0.05) is 18.0 Å². The molecule has 0 amide bonds. The number of imidazole rings is 1. The summed E-state index contributed by atoms with van der Waals surface area (Å²) in [7, 11) is 2.14. The van der Waals surface area contributed by atoms with Gasteiger partial charge in [0.05, 0.1) is 16.6 Å². The Balaban J connectivity index is 1.57. The summed E-state index contributed by atoms with van der Waals surface area (Å²) in [4.78, 5) is 26.7. The summed E-state index contributed by atoms with van der Waals surface area (Å²) >= 11 is 0. The molecule has 1 saturated heterocycles. The predicted octanol–water partition coefficient (Wildman–Crippen LogP) is 3.49. The molecular formula is C22H22FN5O. The van der Waals surface area contributed by atoms with Crippen LogP contribution in [0.15, 0.2) is 41.5 Å². The molecule has 4 heterocycles. The maximum absolute atomic E-state index is 14.4. The molecule has 0 spiro atoms. The van der Waals surface area contributed by atoms with Crippen LogP contribution < -0.4 is 5.56 Å². The van der Waals surface area contributed by atoms with Gasteiger partial charge in [-0.05, 0) is 69.6 Å². The van der Waals surface area contributed by atoms with E-state index in [-0.39, 0.29) is 11.2 Å². The number of hydrogen-bond donors (Lipinski definition) is 1. The predicted molar refractivity (Wildman–Crippen MR) is 111 cm³/mol. The lowest BCUT2D eigenvalue weighted by molar-refractivity contribution is 0.255. The van der Waals surface area contributed by atoms with Crippen LogP contribution in [0.1, 0.15) is 30.0 Å². The van der Waals surface area contributed by atoms with Crippen LogP contribution in [0.2, 0.25) is 0 Å². The van der Waals surface area contributed by atoms with Crippen LogP contribution in [-0.4, -0.2) is 44.4 Å². The molecule has 0 unspecified atom stereocenters. The molecule has 29 heavy (non-hydrogen) atoms. The lowest BCUT2D eigenvalue weighted by Gasteiger charge is -2.29. The first-order chi connectivity index (χ1) is 14.0. The summed E-state index contributed by atoms with van der Waals surface area (Å²) < 4.78 is 16.1. The van der Waals surface area contributed by atoms with Gasteiger partial charge in [-0.25, -0.2) is 14.4 Å². The van der Waals surface area contributed by atoms with Gasteiger partial charge >= 0.3 is 0 Å². The average Bonchev–Trinajstić information content (AvgIpc) is 3.09. The highest BCUT2D eigenvalue weighted by molar-refractivity contribution is 5.80. The molecule has 1 aliphatic heterocycles. The monoisotopic (exact) mass is 391 g/mol. The van der Waals surface area contributed by atoms with Crippen LogP contribution in [0.5, 0.6) is 0 Å². The molecule has 6 nitrogen and oxygen atoms in total. The number of rotatable bonds is 2. The Morgan fingerprint density at radius 1 is 1.14 bits per heavy atom. The van der Waals surface area contributed by atoms with Gasteiger partial charge in [0.15, 0.2) is 11.5 Å². The van der Waals surface area contributed by atoms with Crippen molar-refractivity contribution in [3.8, 4) is 11.4 Å². The van der Waals surface area contributed by atoms with E-state index in [1.54, 1.807) is 16.8 Å². The number of aryl methyl sites for hydroxylation is 1. The third-order valence-corrected chi connectivity index (χ3v) is 5.82. The normalized spacial score (nSPS) is 16.1. The second kappa shape index (κ2) is 6.77. The van der Waals surface area contributed by atoms with E-state index in [0.717, 1.165) is 31.6 Å². The molecule has 1 N–H and O–H groups in total. The maximum atomic E-state index is 14.4. The molecule has 0 atom stereocenters. The Kier molecular flexibility index (Phi) is 4.20. The largest absolute Gasteiger partial charge is 0.306 e. The van der Waals surface area contributed by atoms with Crippen molar-refractivity contribution in [1.82, 2.24) is 24.3 Å². The van der Waals surface area contributed by atoms with Crippen molar-refractivity contribution in [3.63, 3.8) is 0 Å². The van der Waals surface area contributed by atoms with Crippen molar-refractivity contribution in [3.05, 3.63) is 64.1 Å². The smallest absolute Gasteiger partial charge is 0.259 e. The lowest BCUT2D eigenvalue weighted by Crippen LogP contribution is -2.29. The highest BCUT2D eigenvalue weighted by atomic mass is 19.1. The Hall–Kier alpha value is -3.06. The minimum atomic E-state index is -0.448. The van der Waals surface area contributed by atoms with Crippen LogP contribution in [0.4, 0.5) is 4.39 Å². The van der Waals surface area contributed by atoms with Gasteiger partial charge < -0.3 is 14.3 Å². The highest BCUT2D eigenvalue weighted by Gasteiger charge is 2.19. The fourth-order valence-corrected chi connectivity index (χ4v) is 4.20. The van der Waals surface area contributed by atoms with Gasteiger partial charge in [-0.15, -0.1) is 0 Å². The fourth-order valence-electron chi connectivity index (χ4n) is 4.20. The second-order valence-electron chi connectivity index (χ2n) is 7.96. The van der Waals surface area contributed by atoms with Crippen LogP contribution in [-0.2, 0) is 0 Å². The fraction of sp³-hybridized carbons (Fsp3) is 0.318. The number of aromatic amines is 1. The zero-order valence-corrected chi connectivity index (χ0v) is 16.4. The summed E-state index contributed by atoms with van der Waals surface area (Å²) in [5.41, 5.74) is 3.09. The first-order valence-corrected chi connectivity index (χ1v) is 9.86. The first-order valence-electron chi connectivity index (χ1n) is 9.86. The summed E-state index contributed by atoms with van der Waals surface area (Å²) in [6.07, 6.45) is 5.66. The van der Waals surface area contributed by atoms with E-state index in [0.29, 0.717) is 28.2 Å². The van der Waals surface area contributed by atoms with Gasteiger partial charge in [0.2, 0.25) is 0 Å². The van der Waals surface area contributed by atoms with Crippen molar-refractivity contribution in [1.29, 1.82) is 0 Å². The number of benzene rings is 1. The second-order valence-corrected chi connectivity index (χ2v) is 7.96. The van der Waals surface area contributed by atoms with Gasteiger partial charge in [-0.3, -0.25) is 4.79 Å². The zero-order chi connectivity index (χ0) is 20.1. The minimum absolute atomic E-state index is 0.206. The topological polar surface area (TPSA) is 66.3 Å². The highest BCUT2D eigenvalue weighted by Crippen LogP contribution is 2.29. The molecule has 7 heteroatoms. The van der Waals surface area contributed by atoms with Gasteiger partial charge in [0.25, 0.3) is 5.56 Å². The molecule has 0 bridgehead atoms. The molecule has 5 rings (SSSR count). The summed E-state index contributed by atoms with van der Waals surface area (Å²) in [5, 5.41) is 0.574. The van der Waals surface area contributed by atoms with Crippen LogP contribution >= 0.6 is 0 Å². The first kappa shape index (κ1) is 18.0. The molecule has 0 radical (unpaired) electrons. The molecule has 148 valence electrons. The van der Waals surface area contributed by atoms with Crippen LogP contribution in [0.3, 0.4) is 0 Å². The average molecular weight is 391 g/mol. The lowest BCUT2D eigenvalue weighted by atomic mass is 9.89. The van der Waals surface area contributed by atoms with E-state index in [2.05, 4.69) is 33.0 Å². The number of nitrogens with zero attached hydrogens (tertiary/aromatic N) is 4. The molecule has 4 aromatic rings. The standard InChI is InChI=1S/C22H22FN5O/c1-13-11-28-12-16(10-18(23)21(28)24-13)20-25-19-4-3-15(9-17(19)22(29)26-20)14-5-7-27(2)8-6-14/h3-4,9-12,14H,5-8H2,1-2H3,(H,25,26,29). The van der Waals surface area contributed by atoms with E-state index in [4.69, 9.17) is 0 Å².